The van der Waals surface area contributed by atoms with Crippen LogP contribution in [0.3, 0.4) is 0 Å². The van der Waals surface area contributed by atoms with Crippen molar-refractivity contribution in [3.63, 3.8) is 0 Å². The van der Waals surface area contributed by atoms with Crippen molar-refractivity contribution in [2.45, 2.75) is 45.8 Å². The Morgan fingerprint density at radius 1 is 1.32 bits per heavy atom. The summed E-state index contributed by atoms with van der Waals surface area (Å²) in [6.07, 6.45) is 0. The summed E-state index contributed by atoms with van der Waals surface area (Å²) in [5.74, 6) is 0.676. The Labute approximate surface area is 125 Å². The summed E-state index contributed by atoms with van der Waals surface area (Å²) >= 11 is 3.58. The fourth-order valence-electron chi connectivity index (χ4n) is 2.98. The molecule has 106 valence electrons. The molecule has 0 amide bonds. The van der Waals surface area contributed by atoms with Crippen LogP contribution in [0.15, 0.2) is 28.7 Å². The van der Waals surface area contributed by atoms with Crippen LogP contribution in [0.1, 0.15) is 39.3 Å². The molecule has 1 aromatic rings. The van der Waals surface area contributed by atoms with Crippen LogP contribution in [-0.4, -0.2) is 30.1 Å². The molecule has 0 radical (unpaired) electrons. The molecule has 1 heterocycles. The molecule has 2 rings (SSSR count). The fourth-order valence-corrected chi connectivity index (χ4v) is 3.39. The van der Waals surface area contributed by atoms with Crippen molar-refractivity contribution in [3.8, 4) is 0 Å². The molecule has 0 bridgehead atoms. The molecule has 1 aliphatic heterocycles. The highest BCUT2D eigenvalue weighted by atomic mass is 79.9. The van der Waals surface area contributed by atoms with Crippen LogP contribution in [0.5, 0.6) is 0 Å². The molecule has 0 aliphatic carbocycles. The van der Waals surface area contributed by atoms with E-state index in [0.717, 1.165) is 13.1 Å². The predicted octanol–water partition coefficient (Wildman–Crippen LogP) is 3.83. The second-order valence-electron chi connectivity index (χ2n) is 6.05. The Balaban J connectivity index is 2.21. The molecule has 1 fully saturated rings. The molecule has 1 saturated heterocycles. The van der Waals surface area contributed by atoms with Crippen LogP contribution >= 0.6 is 15.9 Å². The van der Waals surface area contributed by atoms with Gasteiger partial charge in [0.1, 0.15) is 0 Å². The zero-order chi connectivity index (χ0) is 14.0. The Kier molecular flexibility index (Phi) is 5.04. The van der Waals surface area contributed by atoms with Gasteiger partial charge in [0, 0.05) is 35.7 Å². The summed E-state index contributed by atoms with van der Waals surface area (Å²) in [6, 6.07) is 10.4. The Morgan fingerprint density at radius 3 is 2.68 bits per heavy atom. The zero-order valence-electron chi connectivity index (χ0n) is 12.4. The van der Waals surface area contributed by atoms with E-state index in [1.54, 1.807) is 0 Å². The van der Waals surface area contributed by atoms with E-state index in [2.05, 4.69) is 78.1 Å². The van der Waals surface area contributed by atoms with E-state index in [4.69, 9.17) is 0 Å². The predicted molar refractivity (Wildman–Crippen MR) is 85.4 cm³/mol. The smallest absolute Gasteiger partial charge is 0.0324 e. The van der Waals surface area contributed by atoms with E-state index in [9.17, 15) is 0 Å². The summed E-state index contributed by atoms with van der Waals surface area (Å²) in [5.41, 5.74) is 1.40. The highest BCUT2D eigenvalue weighted by Gasteiger charge is 2.31. The van der Waals surface area contributed by atoms with Gasteiger partial charge in [-0.3, -0.25) is 4.90 Å². The Hall–Kier alpha value is -0.380. The first kappa shape index (κ1) is 15.0. The third kappa shape index (κ3) is 3.59. The second-order valence-corrected chi connectivity index (χ2v) is 6.96. The van der Waals surface area contributed by atoms with Crippen molar-refractivity contribution in [2.75, 3.05) is 13.1 Å². The average Bonchev–Trinajstić information content (AvgIpc) is 2.37. The largest absolute Gasteiger partial charge is 0.311 e. The highest BCUT2D eigenvalue weighted by molar-refractivity contribution is 9.10. The van der Waals surface area contributed by atoms with Gasteiger partial charge in [-0.2, -0.15) is 0 Å². The van der Waals surface area contributed by atoms with Gasteiger partial charge in [0.25, 0.3) is 0 Å². The Bertz CT molecular complexity index is 419. The van der Waals surface area contributed by atoms with Gasteiger partial charge >= 0.3 is 0 Å². The van der Waals surface area contributed by atoms with Crippen molar-refractivity contribution in [1.29, 1.82) is 0 Å². The normalized spacial score (nSPS) is 26.6. The number of nitrogens with one attached hydrogen (secondary N) is 1. The van der Waals surface area contributed by atoms with Crippen LogP contribution in [0.2, 0.25) is 0 Å². The molecule has 19 heavy (non-hydrogen) atoms. The van der Waals surface area contributed by atoms with Gasteiger partial charge < -0.3 is 5.32 Å². The maximum atomic E-state index is 3.61. The molecular weight excluding hydrogens is 300 g/mol. The molecule has 1 aliphatic rings. The van der Waals surface area contributed by atoms with E-state index >= 15 is 0 Å². The van der Waals surface area contributed by atoms with E-state index in [1.165, 1.54) is 10.0 Å². The standard InChI is InChI=1S/C16H25BrN2/c1-11(2)16-9-18-12(3)10-19(16)13(4)14-6-5-7-15(17)8-14/h5-8,11-13,16,18H,9-10H2,1-4H3. The summed E-state index contributed by atoms with van der Waals surface area (Å²) in [5, 5.41) is 3.61. The van der Waals surface area contributed by atoms with Crippen molar-refractivity contribution in [3.05, 3.63) is 34.3 Å². The minimum atomic E-state index is 0.467. The molecule has 2 nitrogen and oxygen atoms in total. The summed E-state index contributed by atoms with van der Waals surface area (Å²) in [6.45, 7) is 11.5. The molecule has 3 unspecified atom stereocenters. The number of hydrogen-bond acceptors (Lipinski definition) is 2. The number of benzene rings is 1. The summed E-state index contributed by atoms with van der Waals surface area (Å²) < 4.78 is 1.17. The summed E-state index contributed by atoms with van der Waals surface area (Å²) in [4.78, 5) is 2.66. The molecule has 0 aromatic heterocycles. The minimum Gasteiger partial charge on any atom is -0.311 e. The van der Waals surface area contributed by atoms with Crippen LogP contribution in [-0.2, 0) is 0 Å². The van der Waals surface area contributed by atoms with Gasteiger partial charge in [-0.05, 0) is 37.5 Å². The van der Waals surface area contributed by atoms with Gasteiger partial charge in [0.2, 0.25) is 0 Å². The van der Waals surface area contributed by atoms with E-state index in [1.807, 2.05) is 0 Å². The minimum absolute atomic E-state index is 0.467. The SMILES string of the molecule is CC1CN(C(C)c2cccc(Br)c2)C(C(C)C)CN1. The van der Waals surface area contributed by atoms with E-state index in [0.29, 0.717) is 24.0 Å². The van der Waals surface area contributed by atoms with Gasteiger partial charge in [0.05, 0.1) is 0 Å². The number of hydrogen-bond donors (Lipinski definition) is 1. The molecular formula is C16H25BrN2. The van der Waals surface area contributed by atoms with Gasteiger partial charge in [-0.1, -0.05) is 41.9 Å². The lowest BCUT2D eigenvalue weighted by atomic mass is 9.95. The Morgan fingerprint density at radius 2 is 2.05 bits per heavy atom. The number of nitrogens with zero attached hydrogens (tertiary/aromatic N) is 1. The van der Waals surface area contributed by atoms with Gasteiger partial charge in [0.15, 0.2) is 0 Å². The van der Waals surface area contributed by atoms with Crippen molar-refractivity contribution in [1.82, 2.24) is 10.2 Å². The highest BCUT2D eigenvalue weighted by Crippen LogP contribution is 2.28. The number of piperazine rings is 1. The second kappa shape index (κ2) is 6.38. The van der Waals surface area contributed by atoms with Crippen molar-refractivity contribution >= 4 is 15.9 Å². The monoisotopic (exact) mass is 324 g/mol. The third-order valence-electron chi connectivity index (χ3n) is 4.18. The van der Waals surface area contributed by atoms with Crippen LogP contribution in [0.25, 0.3) is 0 Å². The summed E-state index contributed by atoms with van der Waals surface area (Å²) in [7, 11) is 0. The molecule has 1 N–H and O–H groups in total. The first-order valence-electron chi connectivity index (χ1n) is 7.23. The van der Waals surface area contributed by atoms with Crippen LogP contribution in [0.4, 0.5) is 0 Å². The molecule has 3 atom stereocenters. The zero-order valence-corrected chi connectivity index (χ0v) is 13.9. The maximum absolute atomic E-state index is 3.61. The quantitative estimate of drug-likeness (QED) is 0.909. The fraction of sp³-hybridized carbons (Fsp3) is 0.625. The molecule has 1 aromatic carbocycles. The molecule has 0 spiro atoms. The van der Waals surface area contributed by atoms with Crippen LogP contribution < -0.4 is 5.32 Å². The van der Waals surface area contributed by atoms with Gasteiger partial charge in [-0.25, -0.2) is 0 Å². The first-order chi connectivity index (χ1) is 8.99. The third-order valence-corrected chi connectivity index (χ3v) is 4.68. The van der Waals surface area contributed by atoms with Crippen LogP contribution in [0, 0.1) is 5.92 Å². The topological polar surface area (TPSA) is 15.3 Å². The number of rotatable bonds is 3. The maximum Gasteiger partial charge on any atom is 0.0324 e. The van der Waals surface area contributed by atoms with E-state index < -0.39 is 0 Å². The number of halogens is 1. The van der Waals surface area contributed by atoms with E-state index in [-0.39, 0.29) is 0 Å². The average molecular weight is 325 g/mol. The lowest BCUT2D eigenvalue weighted by Crippen LogP contribution is -2.57. The first-order valence-corrected chi connectivity index (χ1v) is 8.03. The molecule has 3 heteroatoms. The van der Waals surface area contributed by atoms with Gasteiger partial charge in [-0.15, -0.1) is 0 Å². The molecule has 0 saturated carbocycles. The van der Waals surface area contributed by atoms with Crippen molar-refractivity contribution < 1.29 is 0 Å². The lowest BCUT2D eigenvalue weighted by Gasteiger charge is -2.45. The van der Waals surface area contributed by atoms with Crippen molar-refractivity contribution in [2.24, 2.45) is 5.92 Å². The lowest BCUT2D eigenvalue weighted by molar-refractivity contribution is 0.0657.